The second-order valence-electron chi connectivity index (χ2n) is 8.77. The van der Waals surface area contributed by atoms with E-state index < -0.39 is 0 Å². The molecule has 0 aromatic heterocycles. The highest BCUT2D eigenvalue weighted by Crippen LogP contribution is 2.33. The normalized spacial score (nSPS) is 18.5. The number of piperazine rings is 2. The average molecular weight is 464 g/mol. The Bertz CT molecular complexity index is 1070. The smallest absolute Gasteiger partial charge is 0.142 e. The molecule has 0 amide bonds. The van der Waals surface area contributed by atoms with Gasteiger partial charge in [-0.15, -0.1) is 0 Å². The van der Waals surface area contributed by atoms with E-state index in [0.29, 0.717) is 0 Å². The van der Waals surface area contributed by atoms with Gasteiger partial charge in [-0.2, -0.15) is 0 Å². The summed E-state index contributed by atoms with van der Waals surface area (Å²) in [6.45, 7) is 8.21. The number of hydrogen-bond acceptors (Lipinski definition) is 7. The number of benzene rings is 3. The molecule has 3 aromatic carbocycles. The maximum absolute atomic E-state index is 5.67. The van der Waals surface area contributed by atoms with Crippen LogP contribution in [0.3, 0.4) is 0 Å². The summed E-state index contributed by atoms with van der Waals surface area (Å²) in [5.74, 6) is 0.946. The number of nitrogens with zero attached hydrogens (tertiary/aromatic N) is 4. The number of fused-ring (bicyclic) bond motifs is 1. The fraction of sp³-hybridized carbons (Fsp3) is 0.385. The third-order valence-electron chi connectivity index (χ3n) is 6.53. The van der Waals surface area contributed by atoms with Gasteiger partial charge < -0.3 is 20.0 Å². The lowest BCUT2D eigenvalue weighted by Gasteiger charge is -2.36. The second-order valence-corrected chi connectivity index (χ2v) is 9.91. The monoisotopic (exact) mass is 463 g/mol. The van der Waals surface area contributed by atoms with Crippen LogP contribution in [0.4, 0.5) is 11.4 Å². The van der Waals surface area contributed by atoms with E-state index >= 15 is 0 Å². The molecule has 2 fully saturated rings. The fourth-order valence-corrected chi connectivity index (χ4v) is 5.59. The lowest BCUT2D eigenvalue weighted by Crippen LogP contribution is -2.46. The highest BCUT2D eigenvalue weighted by molar-refractivity contribution is 7.97. The molecule has 0 unspecified atom stereocenters. The van der Waals surface area contributed by atoms with Crippen molar-refractivity contribution >= 4 is 34.1 Å². The molecule has 2 aliphatic rings. The Morgan fingerprint density at radius 1 is 0.818 bits per heavy atom. The Kier molecular flexibility index (Phi) is 6.92. The molecule has 0 spiro atoms. The van der Waals surface area contributed by atoms with E-state index in [1.54, 1.807) is 7.11 Å². The molecule has 0 aliphatic carbocycles. The number of likely N-dealkylation sites (N-methyl/N-ethyl adjacent to an activating group) is 1. The van der Waals surface area contributed by atoms with Crippen LogP contribution in [0.2, 0.25) is 0 Å². The summed E-state index contributed by atoms with van der Waals surface area (Å²) in [4.78, 5) is 6.14. The van der Waals surface area contributed by atoms with Crippen molar-refractivity contribution in [1.29, 1.82) is 0 Å². The van der Waals surface area contributed by atoms with E-state index in [0.717, 1.165) is 63.8 Å². The van der Waals surface area contributed by atoms with Crippen molar-refractivity contribution < 1.29 is 4.74 Å². The number of hydrazine groups is 1. The predicted octanol–water partition coefficient (Wildman–Crippen LogP) is 4.25. The van der Waals surface area contributed by atoms with Crippen molar-refractivity contribution in [1.82, 2.24) is 14.2 Å². The Labute approximate surface area is 201 Å². The number of methoxy groups -OCH3 is 1. The Morgan fingerprint density at radius 3 is 2.36 bits per heavy atom. The van der Waals surface area contributed by atoms with Crippen LogP contribution in [0.5, 0.6) is 5.75 Å². The van der Waals surface area contributed by atoms with Crippen LogP contribution in [-0.2, 0) is 0 Å². The largest absolute Gasteiger partial charge is 0.495 e. The zero-order chi connectivity index (χ0) is 22.6. The third kappa shape index (κ3) is 5.22. The van der Waals surface area contributed by atoms with Crippen LogP contribution in [-0.4, -0.2) is 80.7 Å². The van der Waals surface area contributed by atoms with Crippen LogP contribution < -0.4 is 15.1 Å². The van der Waals surface area contributed by atoms with E-state index in [1.807, 2.05) is 11.9 Å². The van der Waals surface area contributed by atoms with Gasteiger partial charge in [0, 0.05) is 57.3 Å². The van der Waals surface area contributed by atoms with Gasteiger partial charge >= 0.3 is 0 Å². The first kappa shape index (κ1) is 22.3. The molecule has 2 saturated heterocycles. The molecular formula is C26H33N5OS. The van der Waals surface area contributed by atoms with Gasteiger partial charge in [0.25, 0.3) is 0 Å². The quantitative estimate of drug-likeness (QED) is 0.548. The third-order valence-corrected chi connectivity index (χ3v) is 7.70. The van der Waals surface area contributed by atoms with E-state index in [1.165, 1.54) is 21.4 Å². The summed E-state index contributed by atoms with van der Waals surface area (Å²) in [7, 11) is 3.94. The SMILES string of the molecule is COc1ccc(NN2CCN(Sc3cccc4ccccc34)CC2)cc1N1CCN(C)CC1. The molecule has 0 radical (unpaired) electrons. The maximum atomic E-state index is 5.67. The topological polar surface area (TPSA) is 34.2 Å². The molecular weight excluding hydrogens is 430 g/mol. The highest BCUT2D eigenvalue weighted by atomic mass is 32.2. The highest BCUT2D eigenvalue weighted by Gasteiger charge is 2.21. The maximum Gasteiger partial charge on any atom is 0.142 e. The molecule has 0 saturated carbocycles. The Morgan fingerprint density at radius 2 is 1.58 bits per heavy atom. The van der Waals surface area contributed by atoms with Gasteiger partial charge in [0.15, 0.2) is 0 Å². The van der Waals surface area contributed by atoms with Gasteiger partial charge in [-0.1, -0.05) is 36.4 Å². The summed E-state index contributed by atoms with van der Waals surface area (Å²) in [6, 6.07) is 21.7. The molecule has 2 heterocycles. The summed E-state index contributed by atoms with van der Waals surface area (Å²) >= 11 is 1.88. The molecule has 33 heavy (non-hydrogen) atoms. The number of ether oxygens (including phenoxy) is 1. The number of anilines is 2. The molecule has 6 nitrogen and oxygen atoms in total. The van der Waals surface area contributed by atoms with Gasteiger partial charge in [-0.25, -0.2) is 9.31 Å². The molecule has 2 aliphatic heterocycles. The van der Waals surface area contributed by atoms with Gasteiger partial charge in [-0.3, -0.25) is 0 Å². The second kappa shape index (κ2) is 10.2. The Hall–Kier alpha value is -2.45. The van der Waals surface area contributed by atoms with Crippen molar-refractivity contribution in [3.63, 3.8) is 0 Å². The van der Waals surface area contributed by atoms with Gasteiger partial charge in [0.1, 0.15) is 5.75 Å². The van der Waals surface area contributed by atoms with Crippen LogP contribution in [0.25, 0.3) is 10.8 Å². The van der Waals surface area contributed by atoms with Gasteiger partial charge in [0.2, 0.25) is 0 Å². The van der Waals surface area contributed by atoms with Crippen LogP contribution in [0, 0.1) is 0 Å². The van der Waals surface area contributed by atoms with Crippen LogP contribution in [0.15, 0.2) is 65.6 Å². The number of rotatable bonds is 6. The first-order valence-electron chi connectivity index (χ1n) is 11.7. The summed E-state index contributed by atoms with van der Waals surface area (Å²) in [5, 5.41) is 4.97. The number of hydrogen-bond donors (Lipinski definition) is 1. The first-order chi connectivity index (χ1) is 16.2. The predicted molar refractivity (Wildman–Crippen MR) is 139 cm³/mol. The summed E-state index contributed by atoms with van der Waals surface area (Å²) < 4.78 is 8.14. The zero-order valence-corrected chi connectivity index (χ0v) is 20.4. The number of nitrogens with one attached hydrogen (secondary N) is 1. The zero-order valence-electron chi connectivity index (χ0n) is 19.5. The molecule has 1 N–H and O–H groups in total. The molecule has 174 valence electrons. The van der Waals surface area contributed by atoms with Crippen molar-refractivity contribution in [2.45, 2.75) is 4.90 Å². The minimum atomic E-state index is 0.946. The lowest BCUT2D eigenvalue weighted by molar-refractivity contribution is 0.231. The molecule has 5 rings (SSSR count). The van der Waals surface area contributed by atoms with E-state index in [-0.39, 0.29) is 0 Å². The summed E-state index contributed by atoms with van der Waals surface area (Å²) in [6.07, 6.45) is 0. The summed E-state index contributed by atoms with van der Waals surface area (Å²) in [5.41, 5.74) is 5.95. The van der Waals surface area contributed by atoms with Crippen LogP contribution >= 0.6 is 11.9 Å². The minimum Gasteiger partial charge on any atom is -0.495 e. The Balaban J connectivity index is 1.20. The molecule has 7 heteroatoms. The standard InChI is InChI=1S/C26H33N5OS/c1-28-12-14-29(15-13-28)24-20-22(10-11-25(24)32-2)27-30-16-18-31(19-17-30)33-26-9-5-7-21-6-3-4-8-23(21)26/h3-11,20,27H,12-19H2,1-2H3. The fourth-order valence-electron chi connectivity index (χ4n) is 4.54. The molecule has 0 bridgehead atoms. The van der Waals surface area contributed by atoms with E-state index in [9.17, 15) is 0 Å². The van der Waals surface area contributed by atoms with Crippen molar-refractivity contribution in [2.24, 2.45) is 0 Å². The van der Waals surface area contributed by atoms with E-state index in [2.05, 4.69) is 92.3 Å². The lowest BCUT2D eigenvalue weighted by atomic mass is 10.1. The van der Waals surface area contributed by atoms with Crippen molar-refractivity contribution in [2.75, 3.05) is 76.8 Å². The van der Waals surface area contributed by atoms with Crippen LogP contribution in [0.1, 0.15) is 0 Å². The minimum absolute atomic E-state index is 0.946. The molecule has 3 aromatic rings. The van der Waals surface area contributed by atoms with Gasteiger partial charge in [-0.05, 0) is 54.0 Å². The van der Waals surface area contributed by atoms with Crippen molar-refractivity contribution in [3.05, 3.63) is 60.7 Å². The van der Waals surface area contributed by atoms with Gasteiger partial charge in [0.05, 0.1) is 18.5 Å². The van der Waals surface area contributed by atoms with Crippen molar-refractivity contribution in [3.8, 4) is 5.75 Å². The first-order valence-corrected chi connectivity index (χ1v) is 12.5. The van der Waals surface area contributed by atoms with E-state index in [4.69, 9.17) is 4.74 Å². The average Bonchev–Trinajstić information content (AvgIpc) is 2.86. The molecule has 0 atom stereocenters.